The molecule has 0 saturated heterocycles. The highest BCUT2D eigenvalue weighted by atomic mass is 19.1. The zero-order valence-electron chi connectivity index (χ0n) is 10.2. The van der Waals surface area contributed by atoms with Crippen molar-refractivity contribution in [3.8, 4) is 0 Å². The van der Waals surface area contributed by atoms with Gasteiger partial charge in [-0.15, -0.1) is 0 Å². The van der Waals surface area contributed by atoms with Gasteiger partial charge in [-0.25, -0.2) is 8.78 Å². The lowest BCUT2D eigenvalue weighted by molar-refractivity contribution is 0.102. The highest BCUT2D eigenvalue weighted by Gasteiger charge is 2.13. The second-order valence-electron chi connectivity index (χ2n) is 4.12. The number of nitrogens with two attached hydrogens (primary N) is 1. The summed E-state index contributed by atoms with van der Waals surface area (Å²) in [5.41, 5.74) is 6.16. The Labute approximate surface area is 109 Å². The summed E-state index contributed by atoms with van der Waals surface area (Å²) in [6.45, 7) is 1.58. The van der Waals surface area contributed by atoms with E-state index in [0.717, 1.165) is 0 Å². The molecule has 2 aromatic rings. The summed E-state index contributed by atoms with van der Waals surface area (Å²) in [5, 5.41) is 2.54. The van der Waals surface area contributed by atoms with Crippen molar-refractivity contribution in [1.29, 1.82) is 0 Å². The van der Waals surface area contributed by atoms with Crippen LogP contribution >= 0.6 is 0 Å². The molecule has 0 radical (unpaired) electrons. The molecule has 0 aliphatic carbocycles. The van der Waals surface area contributed by atoms with E-state index in [4.69, 9.17) is 5.73 Å². The Balaban J connectivity index is 2.26. The fourth-order valence-electron chi connectivity index (χ4n) is 1.66. The number of hydrogen-bond donors (Lipinski definition) is 2. The molecule has 1 amide bonds. The molecule has 2 rings (SSSR count). The molecule has 19 heavy (non-hydrogen) atoms. The number of hydrogen-bond acceptors (Lipinski definition) is 2. The van der Waals surface area contributed by atoms with Crippen LogP contribution in [0.2, 0.25) is 0 Å². The van der Waals surface area contributed by atoms with Gasteiger partial charge in [0.25, 0.3) is 5.91 Å². The Morgan fingerprint density at radius 2 is 1.89 bits per heavy atom. The molecule has 0 fully saturated rings. The molecule has 98 valence electrons. The number of nitrogen functional groups attached to an aromatic ring is 1. The Bertz CT molecular complexity index is 641. The fourth-order valence-corrected chi connectivity index (χ4v) is 1.66. The molecule has 0 atom stereocenters. The summed E-state index contributed by atoms with van der Waals surface area (Å²) >= 11 is 0. The van der Waals surface area contributed by atoms with Gasteiger partial charge in [-0.2, -0.15) is 0 Å². The second kappa shape index (κ2) is 5.06. The van der Waals surface area contributed by atoms with Crippen LogP contribution < -0.4 is 11.1 Å². The number of carbonyl (C=O) groups excluding carboxylic acids is 1. The number of rotatable bonds is 2. The van der Waals surface area contributed by atoms with E-state index in [-0.39, 0.29) is 17.1 Å². The number of benzene rings is 2. The molecule has 3 N–H and O–H groups in total. The van der Waals surface area contributed by atoms with Gasteiger partial charge < -0.3 is 11.1 Å². The van der Waals surface area contributed by atoms with Crippen molar-refractivity contribution in [1.82, 2.24) is 0 Å². The summed E-state index contributed by atoms with van der Waals surface area (Å²) in [4.78, 5) is 11.9. The lowest BCUT2D eigenvalue weighted by atomic mass is 10.1. The third-order valence-corrected chi connectivity index (χ3v) is 2.71. The molecule has 3 nitrogen and oxygen atoms in total. The van der Waals surface area contributed by atoms with Crippen LogP contribution in [0.4, 0.5) is 20.2 Å². The van der Waals surface area contributed by atoms with Gasteiger partial charge in [0.2, 0.25) is 0 Å². The lowest BCUT2D eigenvalue weighted by Crippen LogP contribution is -2.15. The van der Waals surface area contributed by atoms with Crippen molar-refractivity contribution in [2.24, 2.45) is 0 Å². The topological polar surface area (TPSA) is 55.1 Å². The Kier molecular flexibility index (Phi) is 3.46. The van der Waals surface area contributed by atoms with Crippen LogP contribution in [0.1, 0.15) is 15.9 Å². The van der Waals surface area contributed by atoms with E-state index in [0.29, 0.717) is 11.3 Å². The smallest absolute Gasteiger partial charge is 0.257 e. The Morgan fingerprint density at radius 1 is 1.16 bits per heavy atom. The lowest BCUT2D eigenvalue weighted by Gasteiger charge is -2.08. The molecular weight excluding hydrogens is 250 g/mol. The first-order valence-electron chi connectivity index (χ1n) is 5.60. The van der Waals surface area contributed by atoms with E-state index >= 15 is 0 Å². The van der Waals surface area contributed by atoms with E-state index in [1.54, 1.807) is 6.92 Å². The van der Waals surface area contributed by atoms with Crippen LogP contribution in [-0.4, -0.2) is 5.91 Å². The van der Waals surface area contributed by atoms with Gasteiger partial charge in [-0.1, -0.05) is 6.07 Å². The number of amides is 1. The maximum Gasteiger partial charge on any atom is 0.257 e. The number of para-hydroxylation sites is 1. The van der Waals surface area contributed by atoms with Gasteiger partial charge >= 0.3 is 0 Å². The number of nitrogens with one attached hydrogen (secondary N) is 1. The summed E-state index contributed by atoms with van der Waals surface area (Å²) in [7, 11) is 0. The van der Waals surface area contributed by atoms with Gasteiger partial charge in [-0.3, -0.25) is 4.79 Å². The molecule has 5 heteroatoms. The highest BCUT2D eigenvalue weighted by molar-refractivity contribution is 6.07. The first-order chi connectivity index (χ1) is 8.99. The largest absolute Gasteiger partial charge is 0.396 e. The van der Waals surface area contributed by atoms with Crippen molar-refractivity contribution in [2.75, 3.05) is 11.1 Å². The molecule has 2 aromatic carbocycles. The molecule has 0 saturated carbocycles. The molecule has 0 unspecified atom stereocenters. The summed E-state index contributed by atoms with van der Waals surface area (Å²) in [6.07, 6.45) is 0. The zero-order valence-corrected chi connectivity index (χ0v) is 10.2. The number of carbonyl (C=O) groups is 1. The summed E-state index contributed by atoms with van der Waals surface area (Å²) in [6, 6.07) is 8.16. The van der Waals surface area contributed by atoms with Crippen LogP contribution in [0.5, 0.6) is 0 Å². The maximum absolute atomic E-state index is 13.2. The molecule has 0 aromatic heterocycles. The second-order valence-corrected chi connectivity index (χ2v) is 4.12. The SMILES string of the molecule is Cc1cc(NC(=O)c2cccc(F)c2N)ccc1F. The van der Waals surface area contributed by atoms with Crippen LogP contribution in [0, 0.1) is 18.6 Å². The molecule has 0 aliphatic rings. The molecule has 0 aliphatic heterocycles. The van der Waals surface area contributed by atoms with Crippen LogP contribution in [-0.2, 0) is 0 Å². The number of aryl methyl sites for hydroxylation is 1. The zero-order chi connectivity index (χ0) is 14.0. The first-order valence-corrected chi connectivity index (χ1v) is 5.60. The van der Waals surface area contributed by atoms with Crippen molar-refractivity contribution >= 4 is 17.3 Å². The van der Waals surface area contributed by atoms with Crippen LogP contribution in [0.3, 0.4) is 0 Å². The minimum Gasteiger partial charge on any atom is -0.396 e. The average Bonchev–Trinajstić information content (AvgIpc) is 2.37. The Morgan fingerprint density at radius 3 is 2.58 bits per heavy atom. The van der Waals surface area contributed by atoms with Crippen LogP contribution in [0.15, 0.2) is 36.4 Å². The standard InChI is InChI=1S/C14H12F2N2O/c1-8-7-9(5-6-11(8)15)18-14(19)10-3-2-4-12(16)13(10)17/h2-7H,17H2,1H3,(H,18,19). The van der Waals surface area contributed by atoms with Gasteiger partial charge in [0.15, 0.2) is 0 Å². The third-order valence-electron chi connectivity index (χ3n) is 2.71. The van der Waals surface area contributed by atoms with Gasteiger partial charge in [0.1, 0.15) is 11.6 Å². The molecule has 0 heterocycles. The van der Waals surface area contributed by atoms with Gasteiger partial charge in [0, 0.05) is 5.69 Å². The highest BCUT2D eigenvalue weighted by Crippen LogP contribution is 2.19. The number of anilines is 2. The van der Waals surface area contributed by atoms with E-state index in [1.807, 2.05) is 0 Å². The maximum atomic E-state index is 13.2. The normalized spacial score (nSPS) is 10.3. The summed E-state index contributed by atoms with van der Waals surface area (Å²) in [5.74, 6) is -1.55. The fraction of sp³-hybridized carbons (Fsp3) is 0.0714. The van der Waals surface area contributed by atoms with Gasteiger partial charge in [0.05, 0.1) is 11.3 Å². The van der Waals surface area contributed by atoms with E-state index in [1.165, 1.54) is 36.4 Å². The first kappa shape index (κ1) is 13.0. The van der Waals surface area contributed by atoms with Crippen molar-refractivity contribution in [3.63, 3.8) is 0 Å². The van der Waals surface area contributed by atoms with Crippen LogP contribution in [0.25, 0.3) is 0 Å². The quantitative estimate of drug-likeness (QED) is 0.817. The minimum atomic E-state index is -0.650. The summed E-state index contributed by atoms with van der Waals surface area (Å²) < 4.78 is 26.3. The van der Waals surface area contributed by atoms with E-state index in [9.17, 15) is 13.6 Å². The Hall–Kier alpha value is -2.43. The molecular formula is C14H12F2N2O. The average molecular weight is 262 g/mol. The third kappa shape index (κ3) is 2.70. The monoisotopic (exact) mass is 262 g/mol. The molecule has 0 spiro atoms. The van der Waals surface area contributed by atoms with Crippen molar-refractivity contribution in [2.45, 2.75) is 6.92 Å². The predicted octanol–water partition coefficient (Wildman–Crippen LogP) is 3.11. The minimum absolute atomic E-state index is 0.0435. The predicted molar refractivity (Wildman–Crippen MR) is 69.9 cm³/mol. The van der Waals surface area contributed by atoms with Gasteiger partial charge in [-0.05, 0) is 42.8 Å². The number of halogens is 2. The van der Waals surface area contributed by atoms with E-state index < -0.39 is 11.7 Å². The van der Waals surface area contributed by atoms with Crippen molar-refractivity contribution < 1.29 is 13.6 Å². The van der Waals surface area contributed by atoms with Crippen molar-refractivity contribution in [3.05, 3.63) is 59.2 Å². The van der Waals surface area contributed by atoms with E-state index in [2.05, 4.69) is 5.32 Å². The molecule has 0 bridgehead atoms.